The molecule has 2 atom stereocenters. The van der Waals surface area contributed by atoms with Crippen LogP contribution in [0.15, 0.2) is 54.6 Å². The SMILES string of the molecule is O=C1CCN(C2CCN(CC3COC(c4ccc(F)cc4)C3)CC2)C(=O)N1c1ccccc1. The molecule has 0 saturated carbocycles. The predicted molar refractivity (Wildman–Crippen MR) is 123 cm³/mol. The first-order chi connectivity index (χ1) is 16.1. The molecule has 2 aromatic carbocycles. The van der Waals surface area contributed by atoms with Gasteiger partial charge in [-0.1, -0.05) is 30.3 Å². The van der Waals surface area contributed by atoms with Crippen LogP contribution in [0, 0.1) is 11.7 Å². The maximum atomic E-state index is 13.2. The van der Waals surface area contributed by atoms with E-state index in [4.69, 9.17) is 4.74 Å². The quantitative estimate of drug-likeness (QED) is 0.683. The summed E-state index contributed by atoms with van der Waals surface area (Å²) in [5.74, 6) is 0.107. The lowest BCUT2D eigenvalue weighted by Gasteiger charge is -2.42. The summed E-state index contributed by atoms with van der Waals surface area (Å²) in [7, 11) is 0. The zero-order valence-electron chi connectivity index (χ0n) is 18.7. The minimum absolute atomic E-state index is 0.0422. The Morgan fingerprint density at radius 2 is 1.67 bits per heavy atom. The number of carbonyl (C=O) groups excluding carboxylic acids is 2. The van der Waals surface area contributed by atoms with Gasteiger partial charge in [-0.05, 0) is 55.0 Å². The molecule has 3 aliphatic rings. The van der Waals surface area contributed by atoms with Crippen molar-refractivity contribution in [3.63, 3.8) is 0 Å². The number of nitrogens with zero attached hydrogens (tertiary/aromatic N) is 3. The molecule has 2 unspecified atom stereocenters. The summed E-state index contributed by atoms with van der Waals surface area (Å²) in [6.45, 7) is 4.08. The van der Waals surface area contributed by atoms with Crippen molar-refractivity contribution in [1.82, 2.24) is 9.80 Å². The summed E-state index contributed by atoms with van der Waals surface area (Å²) in [6.07, 6.45) is 3.19. The number of halogens is 1. The summed E-state index contributed by atoms with van der Waals surface area (Å²) in [4.78, 5) is 31.3. The maximum absolute atomic E-state index is 13.2. The number of para-hydroxylation sites is 1. The van der Waals surface area contributed by atoms with Gasteiger partial charge < -0.3 is 14.5 Å². The number of rotatable bonds is 5. The van der Waals surface area contributed by atoms with Crippen LogP contribution in [0.3, 0.4) is 0 Å². The molecular formula is C26H30FN3O3. The molecule has 3 heterocycles. The third-order valence-electron chi connectivity index (χ3n) is 7.10. The van der Waals surface area contributed by atoms with Gasteiger partial charge in [0, 0.05) is 38.6 Å². The Morgan fingerprint density at radius 3 is 2.39 bits per heavy atom. The first-order valence-corrected chi connectivity index (χ1v) is 11.9. The highest BCUT2D eigenvalue weighted by Gasteiger charge is 2.38. The molecule has 174 valence electrons. The van der Waals surface area contributed by atoms with Crippen LogP contribution in [-0.4, -0.2) is 60.6 Å². The van der Waals surface area contributed by atoms with E-state index in [0.29, 0.717) is 24.6 Å². The van der Waals surface area contributed by atoms with Crippen molar-refractivity contribution in [2.75, 3.05) is 37.7 Å². The molecule has 0 N–H and O–H groups in total. The fraction of sp³-hybridized carbons (Fsp3) is 0.462. The number of benzene rings is 2. The summed E-state index contributed by atoms with van der Waals surface area (Å²) in [6, 6.07) is 15.8. The van der Waals surface area contributed by atoms with Crippen LogP contribution >= 0.6 is 0 Å². The van der Waals surface area contributed by atoms with Crippen molar-refractivity contribution >= 4 is 17.6 Å². The van der Waals surface area contributed by atoms with Gasteiger partial charge in [0.05, 0.1) is 18.4 Å². The zero-order valence-corrected chi connectivity index (χ0v) is 18.7. The van der Waals surface area contributed by atoms with Crippen LogP contribution in [-0.2, 0) is 9.53 Å². The van der Waals surface area contributed by atoms with E-state index in [9.17, 15) is 14.0 Å². The normalized spacial score (nSPS) is 25.1. The Morgan fingerprint density at radius 1 is 0.939 bits per heavy atom. The second kappa shape index (κ2) is 9.61. The molecule has 33 heavy (non-hydrogen) atoms. The van der Waals surface area contributed by atoms with Gasteiger partial charge in [-0.2, -0.15) is 0 Å². The Labute approximate surface area is 193 Å². The minimum Gasteiger partial charge on any atom is -0.373 e. The van der Waals surface area contributed by atoms with Crippen LogP contribution in [0.2, 0.25) is 0 Å². The number of imide groups is 1. The Bertz CT molecular complexity index is 976. The average Bonchev–Trinajstić information content (AvgIpc) is 3.29. The van der Waals surface area contributed by atoms with E-state index >= 15 is 0 Å². The molecule has 2 aromatic rings. The summed E-state index contributed by atoms with van der Waals surface area (Å²) < 4.78 is 19.2. The van der Waals surface area contributed by atoms with Crippen LogP contribution in [0.4, 0.5) is 14.9 Å². The van der Waals surface area contributed by atoms with Crippen molar-refractivity contribution in [3.8, 4) is 0 Å². The predicted octanol–water partition coefficient (Wildman–Crippen LogP) is 4.23. The molecule has 6 nitrogen and oxygen atoms in total. The first-order valence-electron chi connectivity index (χ1n) is 11.9. The van der Waals surface area contributed by atoms with Gasteiger partial charge in [-0.3, -0.25) is 4.79 Å². The van der Waals surface area contributed by atoms with Gasteiger partial charge >= 0.3 is 6.03 Å². The molecule has 3 amide bonds. The average molecular weight is 452 g/mol. The van der Waals surface area contributed by atoms with E-state index in [0.717, 1.165) is 51.1 Å². The number of anilines is 1. The lowest BCUT2D eigenvalue weighted by molar-refractivity contribution is -0.119. The Balaban J connectivity index is 1.13. The fourth-order valence-corrected chi connectivity index (χ4v) is 5.34. The molecular weight excluding hydrogens is 421 g/mol. The molecule has 0 aliphatic carbocycles. The van der Waals surface area contributed by atoms with E-state index < -0.39 is 0 Å². The topological polar surface area (TPSA) is 53.1 Å². The van der Waals surface area contributed by atoms with Gasteiger partial charge in [0.2, 0.25) is 5.91 Å². The second-order valence-corrected chi connectivity index (χ2v) is 9.30. The standard InChI is InChI=1S/C26H30FN3O3/c27-21-8-6-20(7-9-21)24-16-19(18-33-24)17-28-13-10-22(11-14-28)29-15-12-25(31)30(26(29)32)23-4-2-1-3-5-23/h1-9,19,22,24H,10-18H2. The summed E-state index contributed by atoms with van der Waals surface area (Å²) >= 11 is 0. The van der Waals surface area contributed by atoms with E-state index in [1.54, 1.807) is 0 Å². The third-order valence-corrected chi connectivity index (χ3v) is 7.10. The van der Waals surface area contributed by atoms with Crippen molar-refractivity contribution in [1.29, 1.82) is 0 Å². The molecule has 0 bridgehead atoms. The number of piperidine rings is 1. The number of likely N-dealkylation sites (tertiary alicyclic amines) is 1. The van der Waals surface area contributed by atoms with Crippen molar-refractivity contribution in [2.45, 2.75) is 37.8 Å². The fourth-order valence-electron chi connectivity index (χ4n) is 5.34. The minimum atomic E-state index is -0.223. The molecule has 0 aromatic heterocycles. The highest BCUT2D eigenvalue weighted by molar-refractivity contribution is 6.15. The molecule has 3 fully saturated rings. The molecule has 0 spiro atoms. The number of carbonyl (C=O) groups is 2. The summed E-state index contributed by atoms with van der Waals surface area (Å²) in [5.41, 5.74) is 1.69. The third kappa shape index (κ3) is 4.80. The van der Waals surface area contributed by atoms with E-state index in [-0.39, 0.29) is 29.9 Å². The van der Waals surface area contributed by atoms with Crippen LogP contribution < -0.4 is 4.90 Å². The number of hydrogen-bond donors (Lipinski definition) is 0. The van der Waals surface area contributed by atoms with Crippen molar-refractivity contribution in [3.05, 3.63) is 66.0 Å². The molecule has 3 saturated heterocycles. The summed E-state index contributed by atoms with van der Waals surface area (Å²) in [5, 5.41) is 0. The van der Waals surface area contributed by atoms with Crippen molar-refractivity contribution in [2.24, 2.45) is 5.92 Å². The molecule has 0 radical (unpaired) electrons. The van der Waals surface area contributed by atoms with Crippen LogP contribution in [0.1, 0.15) is 37.4 Å². The number of ether oxygens (including phenoxy) is 1. The molecule has 7 heteroatoms. The lowest BCUT2D eigenvalue weighted by atomic mass is 9.97. The van der Waals surface area contributed by atoms with Gasteiger partial charge in [0.15, 0.2) is 0 Å². The molecule has 5 rings (SSSR count). The Hall–Kier alpha value is -2.77. The molecule has 3 aliphatic heterocycles. The van der Waals surface area contributed by atoms with Crippen LogP contribution in [0.5, 0.6) is 0 Å². The Kier molecular flexibility index (Phi) is 6.42. The van der Waals surface area contributed by atoms with Gasteiger partial charge in [-0.25, -0.2) is 14.1 Å². The van der Waals surface area contributed by atoms with Crippen molar-refractivity contribution < 1.29 is 18.7 Å². The van der Waals surface area contributed by atoms with E-state index in [1.165, 1.54) is 17.0 Å². The smallest absolute Gasteiger partial charge is 0.331 e. The number of hydrogen-bond acceptors (Lipinski definition) is 4. The maximum Gasteiger partial charge on any atom is 0.331 e. The second-order valence-electron chi connectivity index (χ2n) is 9.30. The van der Waals surface area contributed by atoms with E-state index in [2.05, 4.69) is 4.90 Å². The zero-order chi connectivity index (χ0) is 22.8. The monoisotopic (exact) mass is 451 g/mol. The van der Waals surface area contributed by atoms with Crippen LogP contribution in [0.25, 0.3) is 0 Å². The highest BCUT2D eigenvalue weighted by Crippen LogP contribution is 2.34. The highest BCUT2D eigenvalue weighted by atomic mass is 19.1. The van der Waals surface area contributed by atoms with Gasteiger partial charge in [0.1, 0.15) is 5.82 Å². The van der Waals surface area contributed by atoms with Gasteiger partial charge in [0.25, 0.3) is 0 Å². The van der Waals surface area contributed by atoms with E-state index in [1.807, 2.05) is 47.4 Å². The number of urea groups is 1. The number of amides is 3. The van der Waals surface area contributed by atoms with Gasteiger partial charge in [-0.15, -0.1) is 0 Å². The largest absolute Gasteiger partial charge is 0.373 e. The first kappa shape index (κ1) is 22.0. The lowest BCUT2D eigenvalue weighted by Crippen LogP contribution is -2.58.